The van der Waals surface area contributed by atoms with Gasteiger partial charge in [-0.25, -0.2) is 0 Å². The van der Waals surface area contributed by atoms with Crippen LogP contribution in [0.5, 0.6) is 0 Å². The lowest BCUT2D eigenvalue weighted by atomic mass is 9.99. The summed E-state index contributed by atoms with van der Waals surface area (Å²) >= 11 is 1.49. The van der Waals surface area contributed by atoms with Crippen molar-refractivity contribution in [2.24, 2.45) is 5.92 Å². The summed E-state index contributed by atoms with van der Waals surface area (Å²) in [4.78, 5) is 12.6. The van der Waals surface area contributed by atoms with E-state index in [-0.39, 0.29) is 5.78 Å². The Balaban J connectivity index is 2.05. The zero-order chi connectivity index (χ0) is 9.97. The number of Topliss-reactive ketones (excluding diaryl/α,β-unsaturated/α-hetero) is 1. The van der Waals surface area contributed by atoms with Gasteiger partial charge in [-0.05, 0) is 30.2 Å². The molecule has 1 aliphatic carbocycles. The molecule has 3 heteroatoms. The second kappa shape index (κ2) is 3.93. The molecule has 1 aromatic heterocycles. The fourth-order valence-corrected chi connectivity index (χ4v) is 2.27. The summed E-state index contributed by atoms with van der Waals surface area (Å²) < 4.78 is 0. The zero-order valence-corrected chi connectivity index (χ0v) is 8.59. The number of thiophene rings is 1. The first-order valence-electron chi connectivity index (χ1n) is 4.77. The van der Waals surface area contributed by atoms with E-state index in [1.807, 2.05) is 17.5 Å². The fraction of sp³-hybridized carbons (Fsp3) is 0.455. The van der Waals surface area contributed by atoms with Crippen LogP contribution in [-0.2, 0) is 4.79 Å². The number of hydrogen-bond donors (Lipinski definition) is 0. The molecule has 1 saturated carbocycles. The molecule has 0 saturated heterocycles. The van der Waals surface area contributed by atoms with Gasteiger partial charge in [0.2, 0.25) is 0 Å². The molecular formula is C11H11NOS. The van der Waals surface area contributed by atoms with E-state index in [0.717, 1.165) is 17.7 Å². The van der Waals surface area contributed by atoms with Crippen molar-refractivity contribution in [3.8, 4) is 6.07 Å². The number of ketones is 1. The normalized spacial score (nSPS) is 17.4. The minimum absolute atomic E-state index is 0.0949. The van der Waals surface area contributed by atoms with Gasteiger partial charge in [0.15, 0.2) is 5.78 Å². The largest absolute Gasteiger partial charge is 0.298 e. The zero-order valence-electron chi connectivity index (χ0n) is 7.77. The van der Waals surface area contributed by atoms with Crippen molar-refractivity contribution in [1.82, 2.24) is 0 Å². The van der Waals surface area contributed by atoms with Gasteiger partial charge >= 0.3 is 0 Å². The van der Waals surface area contributed by atoms with Crippen LogP contribution in [0.4, 0.5) is 0 Å². The molecule has 14 heavy (non-hydrogen) atoms. The number of nitriles is 1. The average Bonchev–Trinajstić information content (AvgIpc) is 2.82. The molecule has 1 atom stereocenters. The summed E-state index contributed by atoms with van der Waals surface area (Å²) in [6.07, 6.45) is 2.92. The molecule has 1 aliphatic rings. The predicted octanol–water partition coefficient (Wildman–Crippen LogP) is 2.72. The van der Waals surface area contributed by atoms with Gasteiger partial charge in [0.05, 0.1) is 6.07 Å². The number of carbonyl (C=O) groups excluding carboxylic acids is 1. The van der Waals surface area contributed by atoms with Gasteiger partial charge in [0.25, 0.3) is 0 Å². The average molecular weight is 205 g/mol. The van der Waals surface area contributed by atoms with Crippen molar-refractivity contribution in [1.29, 1.82) is 5.26 Å². The second-order valence-electron chi connectivity index (χ2n) is 3.69. The lowest BCUT2D eigenvalue weighted by Crippen LogP contribution is -2.09. The van der Waals surface area contributed by atoms with Crippen LogP contribution in [0.25, 0.3) is 0 Å². The molecule has 0 bridgehead atoms. The van der Waals surface area contributed by atoms with Gasteiger partial charge in [0.1, 0.15) is 5.92 Å². The maximum absolute atomic E-state index is 11.7. The number of nitrogens with zero attached hydrogens (tertiary/aromatic N) is 1. The van der Waals surface area contributed by atoms with E-state index >= 15 is 0 Å². The summed E-state index contributed by atoms with van der Waals surface area (Å²) in [5, 5.41) is 10.8. The van der Waals surface area contributed by atoms with Crippen molar-refractivity contribution in [2.45, 2.75) is 25.2 Å². The van der Waals surface area contributed by atoms with Crippen molar-refractivity contribution in [3.05, 3.63) is 22.4 Å². The summed E-state index contributed by atoms with van der Waals surface area (Å²) in [5.41, 5.74) is 0. The second-order valence-corrected chi connectivity index (χ2v) is 4.67. The highest BCUT2D eigenvalue weighted by Crippen LogP contribution is 2.35. The highest BCUT2D eigenvalue weighted by atomic mass is 32.1. The van der Waals surface area contributed by atoms with E-state index in [9.17, 15) is 4.79 Å². The van der Waals surface area contributed by atoms with E-state index in [1.54, 1.807) is 0 Å². The maximum Gasteiger partial charge on any atom is 0.155 e. The molecular weight excluding hydrogens is 194 g/mol. The lowest BCUT2D eigenvalue weighted by molar-refractivity contribution is -0.119. The first-order chi connectivity index (χ1) is 6.81. The van der Waals surface area contributed by atoms with Gasteiger partial charge in [-0.2, -0.15) is 5.26 Å². The van der Waals surface area contributed by atoms with E-state index < -0.39 is 5.92 Å². The van der Waals surface area contributed by atoms with Crippen molar-refractivity contribution < 1.29 is 4.79 Å². The van der Waals surface area contributed by atoms with Crippen LogP contribution in [0, 0.1) is 17.2 Å². The van der Waals surface area contributed by atoms with Gasteiger partial charge in [-0.3, -0.25) is 4.79 Å². The summed E-state index contributed by atoms with van der Waals surface area (Å²) in [7, 11) is 0. The minimum atomic E-state index is -0.518. The Morgan fingerprint density at radius 1 is 1.71 bits per heavy atom. The molecule has 0 amide bonds. The first-order valence-corrected chi connectivity index (χ1v) is 5.65. The molecule has 1 heterocycles. The molecule has 0 spiro atoms. The Hall–Kier alpha value is -1.14. The van der Waals surface area contributed by atoms with Gasteiger partial charge in [-0.15, -0.1) is 11.3 Å². The van der Waals surface area contributed by atoms with E-state index in [1.165, 1.54) is 11.3 Å². The molecule has 0 N–H and O–H groups in total. The molecule has 0 radical (unpaired) electrons. The topological polar surface area (TPSA) is 40.9 Å². The Bertz CT molecular complexity index is 359. The van der Waals surface area contributed by atoms with Crippen molar-refractivity contribution in [2.75, 3.05) is 0 Å². The van der Waals surface area contributed by atoms with Crippen molar-refractivity contribution in [3.63, 3.8) is 0 Å². The van der Waals surface area contributed by atoms with Gasteiger partial charge in [-0.1, -0.05) is 6.07 Å². The Morgan fingerprint density at radius 3 is 3.00 bits per heavy atom. The predicted molar refractivity (Wildman–Crippen MR) is 55.0 cm³/mol. The van der Waals surface area contributed by atoms with Crippen LogP contribution in [-0.4, -0.2) is 5.78 Å². The highest BCUT2D eigenvalue weighted by molar-refractivity contribution is 7.10. The van der Waals surface area contributed by atoms with E-state index in [2.05, 4.69) is 6.07 Å². The third kappa shape index (κ3) is 2.02. The van der Waals surface area contributed by atoms with Crippen LogP contribution in [0.15, 0.2) is 17.5 Å². The summed E-state index contributed by atoms with van der Waals surface area (Å²) in [5.74, 6) is 0.145. The molecule has 2 nitrogen and oxygen atoms in total. The SMILES string of the molecule is N#CC(C(=O)CC1CC1)c1cccs1. The fourth-order valence-electron chi connectivity index (χ4n) is 1.47. The molecule has 1 unspecified atom stereocenters. The van der Waals surface area contributed by atoms with Crippen LogP contribution in [0.2, 0.25) is 0 Å². The molecule has 0 aromatic carbocycles. The van der Waals surface area contributed by atoms with Crippen LogP contribution < -0.4 is 0 Å². The molecule has 2 rings (SSSR count). The molecule has 72 valence electrons. The van der Waals surface area contributed by atoms with Gasteiger partial charge in [0, 0.05) is 11.3 Å². The van der Waals surface area contributed by atoms with Crippen LogP contribution in [0.3, 0.4) is 0 Å². The third-order valence-corrected chi connectivity index (χ3v) is 3.40. The molecule has 1 fully saturated rings. The monoisotopic (exact) mass is 205 g/mol. The first kappa shape index (κ1) is 9.42. The van der Waals surface area contributed by atoms with Crippen molar-refractivity contribution >= 4 is 17.1 Å². The third-order valence-electron chi connectivity index (χ3n) is 2.47. The summed E-state index contributed by atoms with van der Waals surface area (Å²) in [6.45, 7) is 0. The Labute approximate surface area is 87.2 Å². The number of rotatable bonds is 4. The standard InChI is InChI=1S/C11H11NOS/c12-7-9(11-2-1-5-14-11)10(13)6-8-3-4-8/h1-2,5,8-9H,3-4,6H2. The quantitative estimate of drug-likeness (QED) is 0.758. The number of hydrogen-bond acceptors (Lipinski definition) is 3. The lowest BCUT2D eigenvalue weighted by Gasteiger charge is -2.04. The van der Waals surface area contributed by atoms with E-state index in [4.69, 9.17) is 5.26 Å². The maximum atomic E-state index is 11.7. The smallest absolute Gasteiger partial charge is 0.155 e. The van der Waals surface area contributed by atoms with Crippen LogP contribution >= 0.6 is 11.3 Å². The number of carbonyl (C=O) groups is 1. The molecule has 1 aromatic rings. The van der Waals surface area contributed by atoms with Gasteiger partial charge < -0.3 is 0 Å². The Kier molecular flexibility index (Phi) is 2.64. The van der Waals surface area contributed by atoms with E-state index in [0.29, 0.717) is 12.3 Å². The Morgan fingerprint density at radius 2 is 2.50 bits per heavy atom. The molecule has 0 aliphatic heterocycles. The summed E-state index contributed by atoms with van der Waals surface area (Å²) in [6, 6.07) is 5.85. The minimum Gasteiger partial charge on any atom is -0.298 e. The van der Waals surface area contributed by atoms with Crippen LogP contribution in [0.1, 0.15) is 30.1 Å². The highest BCUT2D eigenvalue weighted by Gasteiger charge is 2.29.